The Bertz CT molecular complexity index is 233. The van der Waals surface area contributed by atoms with Gasteiger partial charge < -0.3 is 0 Å². The fraction of sp³-hybridized carbons (Fsp3) is 0.250. The van der Waals surface area contributed by atoms with Crippen LogP contribution in [0.15, 0.2) is 23.1 Å². The Labute approximate surface area is 79.5 Å². The molecule has 0 heterocycles. The van der Waals surface area contributed by atoms with Gasteiger partial charge in [0.1, 0.15) is 0 Å². The van der Waals surface area contributed by atoms with Crippen LogP contribution in [0.25, 0.3) is 0 Å². The molecule has 0 spiro atoms. The Morgan fingerprint density at radius 2 is 2.10 bits per heavy atom. The van der Waals surface area contributed by atoms with Crippen LogP contribution in [0.4, 0.5) is 0 Å². The van der Waals surface area contributed by atoms with E-state index < -0.39 is 0 Å². The van der Waals surface area contributed by atoms with Crippen molar-refractivity contribution < 1.29 is 0 Å². The predicted molar refractivity (Wildman–Crippen MR) is 55.7 cm³/mol. The molecule has 0 nitrogen and oxygen atoms in total. The van der Waals surface area contributed by atoms with Crippen molar-refractivity contribution in [2.45, 2.75) is 11.8 Å². The third-order valence-electron chi connectivity index (χ3n) is 1.37. The van der Waals surface area contributed by atoms with Gasteiger partial charge in [-0.1, -0.05) is 0 Å². The average molecular weight is 264 g/mol. The van der Waals surface area contributed by atoms with Crippen molar-refractivity contribution in [3.8, 4) is 0 Å². The lowest BCUT2D eigenvalue weighted by atomic mass is 10.2. The van der Waals surface area contributed by atoms with Gasteiger partial charge in [-0.2, -0.15) is 0 Å². The first-order valence-corrected chi connectivity index (χ1v) is 5.34. The van der Waals surface area contributed by atoms with Crippen LogP contribution in [0.3, 0.4) is 0 Å². The minimum atomic E-state index is 1.34. The van der Waals surface area contributed by atoms with Crippen LogP contribution in [0.2, 0.25) is 0 Å². The molecule has 0 radical (unpaired) electrons. The number of aryl methyl sites for hydroxylation is 1. The highest BCUT2D eigenvalue weighted by atomic mass is 127. The van der Waals surface area contributed by atoms with Crippen molar-refractivity contribution in [3.63, 3.8) is 0 Å². The summed E-state index contributed by atoms with van der Waals surface area (Å²) in [5.74, 6) is 0. The number of hydrogen-bond donors (Lipinski definition) is 0. The van der Waals surface area contributed by atoms with Crippen molar-refractivity contribution in [2.24, 2.45) is 0 Å². The number of benzene rings is 1. The molecular weight excluding hydrogens is 255 g/mol. The summed E-state index contributed by atoms with van der Waals surface area (Å²) in [7, 11) is 0. The molecule has 0 aliphatic carbocycles. The molecule has 0 N–H and O–H groups in total. The molecule has 0 saturated carbocycles. The summed E-state index contributed by atoms with van der Waals surface area (Å²) in [6.07, 6.45) is 2.10. The van der Waals surface area contributed by atoms with E-state index in [1.54, 1.807) is 11.8 Å². The van der Waals surface area contributed by atoms with Crippen molar-refractivity contribution in [1.82, 2.24) is 0 Å². The molecule has 0 bridgehead atoms. The molecule has 2 heteroatoms. The van der Waals surface area contributed by atoms with E-state index in [0.717, 1.165) is 0 Å². The Hall–Kier alpha value is 0.300. The molecular formula is C8H9IS. The molecule has 1 aromatic carbocycles. The van der Waals surface area contributed by atoms with Crippen LogP contribution >= 0.6 is 34.4 Å². The summed E-state index contributed by atoms with van der Waals surface area (Å²) >= 11 is 4.14. The molecule has 0 atom stereocenters. The fourth-order valence-corrected chi connectivity index (χ4v) is 1.58. The van der Waals surface area contributed by atoms with E-state index in [4.69, 9.17) is 0 Å². The molecule has 10 heavy (non-hydrogen) atoms. The summed E-state index contributed by atoms with van der Waals surface area (Å²) < 4.78 is 1.34. The van der Waals surface area contributed by atoms with Gasteiger partial charge in [0.05, 0.1) is 0 Å². The predicted octanol–water partition coefficient (Wildman–Crippen LogP) is 3.32. The zero-order valence-electron chi connectivity index (χ0n) is 6.02. The van der Waals surface area contributed by atoms with E-state index >= 15 is 0 Å². The Morgan fingerprint density at radius 1 is 1.40 bits per heavy atom. The highest BCUT2D eigenvalue weighted by Gasteiger charge is 1.93. The van der Waals surface area contributed by atoms with E-state index in [-0.39, 0.29) is 0 Å². The lowest BCUT2D eigenvalue weighted by Crippen LogP contribution is -1.78. The average Bonchev–Trinajstić information content (AvgIpc) is 1.95. The first-order valence-electron chi connectivity index (χ1n) is 3.04. The molecule has 0 saturated heterocycles. The molecule has 0 fully saturated rings. The number of thioether (sulfide) groups is 1. The summed E-state index contributed by atoms with van der Waals surface area (Å²) in [6.45, 7) is 2.14. The van der Waals surface area contributed by atoms with Gasteiger partial charge in [-0.05, 0) is 59.5 Å². The molecule has 1 aromatic rings. The number of rotatable bonds is 1. The van der Waals surface area contributed by atoms with Crippen LogP contribution in [-0.4, -0.2) is 6.26 Å². The van der Waals surface area contributed by atoms with Gasteiger partial charge in [-0.3, -0.25) is 0 Å². The van der Waals surface area contributed by atoms with Gasteiger partial charge in [-0.25, -0.2) is 0 Å². The van der Waals surface area contributed by atoms with Gasteiger partial charge in [0, 0.05) is 8.47 Å². The highest BCUT2D eigenvalue weighted by Crippen LogP contribution is 2.19. The normalized spacial score (nSPS) is 9.90. The quantitative estimate of drug-likeness (QED) is 0.554. The molecule has 1 rings (SSSR count). The zero-order chi connectivity index (χ0) is 7.56. The van der Waals surface area contributed by atoms with Crippen molar-refractivity contribution in [3.05, 3.63) is 27.3 Å². The molecule has 0 aliphatic rings. The molecule has 0 aliphatic heterocycles. The third-order valence-corrected chi connectivity index (χ3v) is 3.30. The van der Waals surface area contributed by atoms with Gasteiger partial charge >= 0.3 is 0 Å². The minimum Gasteiger partial charge on any atom is -0.130 e. The van der Waals surface area contributed by atoms with E-state index in [1.807, 2.05) is 0 Å². The third kappa shape index (κ3) is 1.89. The molecule has 0 unspecified atom stereocenters. The maximum absolute atomic E-state index is 2.35. The fourth-order valence-electron chi connectivity index (χ4n) is 0.744. The first kappa shape index (κ1) is 8.40. The molecule has 0 aromatic heterocycles. The van der Waals surface area contributed by atoms with Crippen LogP contribution < -0.4 is 0 Å². The first-order chi connectivity index (χ1) is 4.74. The van der Waals surface area contributed by atoms with E-state index in [0.29, 0.717) is 0 Å². The Balaban J connectivity index is 3.04. The summed E-state index contributed by atoms with van der Waals surface area (Å²) in [5, 5.41) is 0. The SMILES string of the molecule is CSc1ccc(I)c(C)c1. The van der Waals surface area contributed by atoms with Crippen molar-refractivity contribution in [1.29, 1.82) is 0 Å². The smallest absolute Gasteiger partial charge is 0.0160 e. The van der Waals surface area contributed by atoms with Crippen LogP contribution in [-0.2, 0) is 0 Å². The van der Waals surface area contributed by atoms with Gasteiger partial charge in [-0.15, -0.1) is 11.8 Å². The van der Waals surface area contributed by atoms with Gasteiger partial charge in [0.25, 0.3) is 0 Å². The second kappa shape index (κ2) is 3.62. The molecule has 0 amide bonds. The van der Waals surface area contributed by atoms with Crippen LogP contribution in [0, 0.1) is 10.5 Å². The van der Waals surface area contributed by atoms with E-state index in [1.165, 1.54) is 14.0 Å². The summed E-state index contributed by atoms with van der Waals surface area (Å²) in [5.41, 5.74) is 1.37. The molecule has 54 valence electrons. The second-order valence-electron chi connectivity index (χ2n) is 2.12. The maximum atomic E-state index is 2.35. The largest absolute Gasteiger partial charge is 0.130 e. The van der Waals surface area contributed by atoms with Gasteiger partial charge in [0.15, 0.2) is 0 Å². The van der Waals surface area contributed by atoms with Crippen molar-refractivity contribution in [2.75, 3.05) is 6.26 Å². The second-order valence-corrected chi connectivity index (χ2v) is 4.16. The standard InChI is InChI=1S/C8H9IS/c1-6-5-7(10-2)3-4-8(6)9/h3-5H,1-2H3. The Kier molecular flexibility index (Phi) is 3.04. The summed E-state index contributed by atoms with van der Waals surface area (Å²) in [6, 6.07) is 6.52. The lowest BCUT2D eigenvalue weighted by Gasteiger charge is -1.99. The van der Waals surface area contributed by atoms with Crippen LogP contribution in [0.1, 0.15) is 5.56 Å². The van der Waals surface area contributed by atoms with Crippen molar-refractivity contribution >= 4 is 34.4 Å². The topological polar surface area (TPSA) is 0 Å². The number of halogens is 1. The maximum Gasteiger partial charge on any atom is 0.0160 e. The highest BCUT2D eigenvalue weighted by molar-refractivity contribution is 14.1. The van der Waals surface area contributed by atoms with E-state index in [9.17, 15) is 0 Å². The Morgan fingerprint density at radius 3 is 2.60 bits per heavy atom. The number of hydrogen-bond acceptors (Lipinski definition) is 1. The van der Waals surface area contributed by atoms with Gasteiger partial charge in [0.2, 0.25) is 0 Å². The minimum absolute atomic E-state index is 1.34. The zero-order valence-corrected chi connectivity index (χ0v) is 8.99. The lowest BCUT2D eigenvalue weighted by molar-refractivity contribution is 1.33. The van der Waals surface area contributed by atoms with E-state index in [2.05, 4.69) is 54.0 Å². The van der Waals surface area contributed by atoms with Crippen LogP contribution in [0.5, 0.6) is 0 Å². The summed E-state index contributed by atoms with van der Waals surface area (Å²) in [4.78, 5) is 1.35. The monoisotopic (exact) mass is 264 g/mol.